The summed E-state index contributed by atoms with van der Waals surface area (Å²) in [7, 11) is 0. The van der Waals surface area contributed by atoms with Gasteiger partial charge in [0, 0.05) is 6.08 Å². The molecule has 1 unspecified atom stereocenters. The van der Waals surface area contributed by atoms with Gasteiger partial charge in [-0.05, 0) is 44.4 Å². The molecule has 0 amide bonds. The molecule has 0 aliphatic heterocycles. The van der Waals surface area contributed by atoms with Crippen molar-refractivity contribution in [2.24, 2.45) is 16.5 Å². The van der Waals surface area contributed by atoms with Crippen molar-refractivity contribution in [1.82, 2.24) is 15.0 Å². The van der Waals surface area contributed by atoms with Crippen molar-refractivity contribution in [3.8, 4) is 0 Å². The second-order valence-corrected chi connectivity index (χ2v) is 7.42. The molecule has 29 heavy (non-hydrogen) atoms. The Hall–Kier alpha value is -3.27. The quantitative estimate of drug-likeness (QED) is 0.306. The number of nitrogens with zero attached hydrogens (tertiary/aromatic N) is 4. The molecule has 0 bridgehead atoms. The number of aromatic nitrogens is 3. The van der Waals surface area contributed by atoms with Crippen molar-refractivity contribution in [2.45, 2.75) is 32.9 Å². The maximum atomic E-state index is 13.1. The number of anilines is 1. The van der Waals surface area contributed by atoms with Crippen LogP contribution in [-0.2, 0) is 4.74 Å². The van der Waals surface area contributed by atoms with Gasteiger partial charge in [0.1, 0.15) is 16.5 Å². The predicted octanol–water partition coefficient (Wildman–Crippen LogP) is 3.61. The largest absolute Gasteiger partial charge is 0.477 e. The van der Waals surface area contributed by atoms with Gasteiger partial charge in [0.2, 0.25) is 5.95 Å². The van der Waals surface area contributed by atoms with E-state index in [0.29, 0.717) is 17.5 Å². The number of ether oxygens (including phenoxy) is 1. The molecule has 3 aromatic heterocycles. The molecule has 1 atom stereocenters. The molecule has 152 valence electrons. The molecule has 3 rings (SSSR count). The van der Waals surface area contributed by atoms with Gasteiger partial charge in [0.25, 0.3) is 0 Å². The Morgan fingerprint density at radius 3 is 2.72 bits per heavy atom. The number of thiophene rings is 1. The molecule has 3 heterocycles. The van der Waals surface area contributed by atoms with E-state index in [9.17, 15) is 4.39 Å². The maximum absolute atomic E-state index is 13.1. The van der Waals surface area contributed by atoms with Crippen LogP contribution in [0.25, 0.3) is 10.2 Å². The summed E-state index contributed by atoms with van der Waals surface area (Å²) < 4.78 is 18.5. The average molecular weight is 415 g/mol. The van der Waals surface area contributed by atoms with Crippen molar-refractivity contribution in [3.05, 3.63) is 53.2 Å². The Kier molecular flexibility index (Phi) is 6.23. The molecule has 0 radical (unpaired) electrons. The van der Waals surface area contributed by atoms with E-state index in [-0.39, 0.29) is 23.9 Å². The Bertz CT molecular complexity index is 1050. The van der Waals surface area contributed by atoms with E-state index in [2.05, 4.69) is 25.3 Å². The lowest BCUT2D eigenvalue weighted by Crippen LogP contribution is -2.15. The molecule has 0 saturated carbocycles. The number of hydrogen-bond donors (Lipinski definition) is 3. The van der Waals surface area contributed by atoms with Crippen LogP contribution in [0.5, 0.6) is 0 Å². The lowest BCUT2D eigenvalue weighted by molar-refractivity contribution is 0.145. The molecule has 0 fully saturated rings. The highest BCUT2D eigenvalue weighted by Crippen LogP contribution is 2.29. The molecule has 8 nitrogen and oxygen atoms in total. The highest BCUT2D eigenvalue weighted by molar-refractivity contribution is 7.16. The van der Waals surface area contributed by atoms with Gasteiger partial charge in [-0.2, -0.15) is 4.98 Å². The summed E-state index contributed by atoms with van der Waals surface area (Å²) in [4.78, 5) is 18.2. The Morgan fingerprint density at radius 1 is 1.24 bits per heavy atom. The van der Waals surface area contributed by atoms with Crippen molar-refractivity contribution in [3.63, 3.8) is 0 Å². The zero-order valence-corrected chi connectivity index (χ0v) is 17.1. The third-order valence-corrected chi connectivity index (χ3v) is 4.55. The standard InChI is InChI=1S/C19H22FN7OS/c1-10(2)28-16(22)8-15(21)25-17-13-6-7-29-18(13)27-19(26-17)24-11(3)14-5-4-12(20)9-23-14/h4-11H,22H2,1-3H3,(H3,21,24,25,26,27)/b16-8+. The lowest BCUT2D eigenvalue weighted by atomic mass is 10.2. The summed E-state index contributed by atoms with van der Waals surface area (Å²) in [5, 5.41) is 5.83. The van der Waals surface area contributed by atoms with E-state index in [1.54, 1.807) is 6.07 Å². The highest BCUT2D eigenvalue weighted by Gasteiger charge is 2.13. The molecule has 0 saturated heterocycles. The molecule has 0 aliphatic carbocycles. The Morgan fingerprint density at radius 2 is 2.03 bits per heavy atom. The molecule has 3 aromatic rings. The topological polar surface area (TPSA) is 124 Å². The molecule has 0 aliphatic rings. The monoisotopic (exact) mass is 415 g/mol. The Balaban J connectivity index is 1.89. The second-order valence-electron chi connectivity index (χ2n) is 6.53. The van der Waals surface area contributed by atoms with E-state index in [1.807, 2.05) is 32.2 Å². The van der Waals surface area contributed by atoms with Crippen molar-refractivity contribution >= 4 is 39.2 Å². The first-order valence-electron chi connectivity index (χ1n) is 8.93. The number of hydrogen-bond acceptors (Lipinski definition) is 8. The Labute approximate surface area is 171 Å². The normalized spacial score (nSPS) is 13.7. The van der Waals surface area contributed by atoms with Gasteiger partial charge in [-0.3, -0.25) is 4.98 Å². The first-order chi connectivity index (χ1) is 13.8. The van der Waals surface area contributed by atoms with Gasteiger partial charge in [0.15, 0.2) is 11.7 Å². The maximum Gasteiger partial charge on any atom is 0.226 e. The van der Waals surface area contributed by atoms with E-state index in [4.69, 9.17) is 16.2 Å². The third-order valence-electron chi connectivity index (χ3n) is 3.74. The van der Waals surface area contributed by atoms with Gasteiger partial charge in [0.05, 0.1) is 29.4 Å². The first-order valence-corrected chi connectivity index (χ1v) is 9.81. The summed E-state index contributed by atoms with van der Waals surface area (Å²) in [6.07, 6.45) is 2.54. The fourth-order valence-electron chi connectivity index (χ4n) is 2.51. The summed E-state index contributed by atoms with van der Waals surface area (Å²) in [6, 6.07) is 4.60. The van der Waals surface area contributed by atoms with E-state index >= 15 is 0 Å². The van der Waals surface area contributed by atoms with Crippen LogP contribution in [0.1, 0.15) is 32.5 Å². The predicted molar refractivity (Wildman–Crippen MR) is 113 cm³/mol. The molecular formula is C19H22FN7OS. The van der Waals surface area contributed by atoms with Crippen molar-refractivity contribution in [1.29, 1.82) is 0 Å². The number of nitrogens with one attached hydrogen (secondary N) is 1. The van der Waals surface area contributed by atoms with E-state index in [0.717, 1.165) is 10.2 Å². The SMILES string of the molecule is CC(C)O/C(N)=C/C(N)=N\c1nc(NC(C)c2ccc(F)cn2)nc2sccc12. The number of fused-ring (bicyclic) bond motifs is 1. The number of halogens is 1. The van der Waals surface area contributed by atoms with Gasteiger partial charge in [-0.25, -0.2) is 14.4 Å². The van der Waals surface area contributed by atoms with Crippen LogP contribution >= 0.6 is 11.3 Å². The summed E-state index contributed by atoms with van der Waals surface area (Å²) in [5.41, 5.74) is 12.4. The number of rotatable bonds is 7. The minimum Gasteiger partial charge on any atom is -0.477 e. The fourth-order valence-corrected chi connectivity index (χ4v) is 3.27. The molecule has 0 spiro atoms. The molecule has 0 aromatic carbocycles. The molecule has 5 N–H and O–H groups in total. The third kappa shape index (κ3) is 5.38. The first kappa shape index (κ1) is 20.5. The van der Waals surface area contributed by atoms with Crippen LogP contribution < -0.4 is 16.8 Å². The van der Waals surface area contributed by atoms with Crippen LogP contribution in [-0.4, -0.2) is 26.9 Å². The fraction of sp³-hybridized carbons (Fsp3) is 0.263. The summed E-state index contributed by atoms with van der Waals surface area (Å²) in [6.45, 7) is 5.61. The zero-order valence-electron chi connectivity index (χ0n) is 16.3. The number of aliphatic imine (C=N–C) groups is 1. The smallest absolute Gasteiger partial charge is 0.226 e. The van der Waals surface area contributed by atoms with Crippen LogP contribution in [0.3, 0.4) is 0 Å². The summed E-state index contributed by atoms with van der Waals surface area (Å²) in [5.74, 6) is 0.711. The van der Waals surface area contributed by atoms with Gasteiger partial charge < -0.3 is 21.5 Å². The van der Waals surface area contributed by atoms with Crippen molar-refractivity contribution < 1.29 is 9.13 Å². The lowest BCUT2D eigenvalue weighted by Gasteiger charge is -2.13. The minimum atomic E-state index is -0.391. The van der Waals surface area contributed by atoms with Gasteiger partial charge >= 0.3 is 0 Å². The van der Waals surface area contributed by atoms with Gasteiger partial charge in [-0.15, -0.1) is 11.3 Å². The number of amidine groups is 1. The van der Waals surface area contributed by atoms with Crippen LogP contribution in [0.2, 0.25) is 0 Å². The summed E-state index contributed by atoms with van der Waals surface area (Å²) >= 11 is 1.46. The second kappa shape index (κ2) is 8.82. The van der Waals surface area contributed by atoms with E-state index < -0.39 is 5.82 Å². The van der Waals surface area contributed by atoms with Crippen LogP contribution in [0.15, 0.2) is 46.7 Å². The zero-order chi connectivity index (χ0) is 21.0. The van der Waals surface area contributed by atoms with Crippen LogP contribution in [0.4, 0.5) is 16.2 Å². The highest BCUT2D eigenvalue weighted by atomic mass is 32.1. The minimum absolute atomic E-state index is 0.0703. The van der Waals surface area contributed by atoms with Crippen LogP contribution in [0, 0.1) is 5.82 Å². The van der Waals surface area contributed by atoms with E-state index in [1.165, 1.54) is 29.7 Å². The van der Waals surface area contributed by atoms with Crippen molar-refractivity contribution in [2.75, 3.05) is 5.32 Å². The molecule has 10 heteroatoms. The number of pyridine rings is 1. The average Bonchev–Trinajstić information content (AvgIpc) is 3.10. The number of nitrogens with two attached hydrogens (primary N) is 2. The van der Waals surface area contributed by atoms with Gasteiger partial charge in [-0.1, -0.05) is 0 Å². The molecular weight excluding hydrogens is 393 g/mol.